The molecule has 96 valence electrons. The predicted octanol–water partition coefficient (Wildman–Crippen LogP) is 1.69. The lowest BCUT2D eigenvalue weighted by Crippen LogP contribution is -2.13. The molecule has 0 aliphatic heterocycles. The molecule has 2 rings (SSSR count). The Morgan fingerprint density at radius 2 is 1.83 bits per heavy atom. The summed E-state index contributed by atoms with van der Waals surface area (Å²) in [6.45, 7) is 1.51. The van der Waals surface area contributed by atoms with Crippen LogP contribution in [0.4, 0.5) is 0 Å². The topological polar surface area (TPSA) is 72.2 Å². The SMILES string of the molecule is NS(=O)(=O)c1ccc(CNCc2cccs2)cc1. The van der Waals surface area contributed by atoms with Gasteiger partial charge in [-0.2, -0.15) is 0 Å². The van der Waals surface area contributed by atoms with E-state index in [-0.39, 0.29) is 4.90 Å². The molecule has 0 saturated carbocycles. The number of nitrogens with two attached hydrogens (primary N) is 1. The van der Waals surface area contributed by atoms with Gasteiger partial charge in [-0.1, -0.05) is 18.2 Å². The molecule has 6 heteroatoms. The highest BCUT2D eigenvalue weighted by Crippen LogP contribution is 2.10. The van der Waals surface area contributed by atoms with Crippen molar-refractivity contribution in [2.75, 3.05) is 0 Å². The highest BCUT2D eigenvalue weighted by Gasteiger charge is 2.06. The van der Waals surface area contributed by atoms with Crippen LogP contribution in [0.2, 0.25) is 0 Å². The van der Waals surface area contributed by atoms with Gasteiger partial charge in [0.1, 0.15) is 0 Å². The fourth-order valence-electron chi connectivity index (χ4n) is 1.54. The molecule has 0 spiro atoms. The first-order valence-electron chi connectivity index (χ1n) is 5.40. The zero-order valence-electron chi connectivity index (χ0n) is 9.67. The van der Waals surface area contributed by atoms with E-state index >= 15 is 0 Å². The van der Waals surface area contributed by atoms with Crippen LogP contribution in [0.1, 0.15) is 10.4 Å². The average Bonchev–Trinajstić information content (AvgIpc) is 2.82. The third kappa shape index (κ3) is 3.64. The summed E-state index contributed by atoms with van der Waals surface area (Å²) in [4.78, 5) is 1.42. The van der Waals surface area contributed by atoms with E-state index in [1.165, 1.54) is 17.0 Å². The fourth-order valence-corrected chi connectivity index (χ4v) is 2.73. The lowest BCUT2D eigenvalue weighted by Gasteiger charge is -2.04. The largest absolute Gasteiger partial charge is 0.308 e. The Balaban J connectivity index is 1.91. The van der Waals surface area contributed by atoms with E-state index in [1.807, 2.05) is 11.4 Å². The van der Waals surface area contributed by atoms with E-state index in [1.54, 1.807) is 23.5 Å². The molecule has 0 aliphatic rings. The Morgan fingerprint density at radius 1 is 1.11 bits per heavy atom. The molecule has 18 heavy (non-hydrogen) atoms. The van der Waals surface area contributed by atoms with Crippen LogP contribution in [0.25, 0.3) is 0 Å². The van der Waals surface area contributed by atoms with Crippen molar-refractivity contribution in [3.63, 3.8) is 0 Å². The smallest absolute Gasteiger partial charge is 0.238 e. The minimum absolute atomic E-state index is 0.143. The number of thiophene rings is 1. The van der Waals surface area contributed by atoms with Gasteiger partial charge in [-0.15, -0.1) is 11.3 Å². The van der Waals surface area contributed by atoms with Crippen molar-refractivity contribution in [2.24, 2.45) is 5.14 Å². The predicted molar refractivity (Wildman–Crippen MR) is 72.7 cm³/mol. The monoisotopic (exact) mass is 282 g/mol. The number of nitrogens with one attached hydrogen (secondary N) is 1. The third-order valence-corrected chi connectivity index (χ3v) is 4.27. The highest BCUT2D eigenvalue weighted by atomic mass is 32.2. The van der Waals surface area contributed by atoms with Gasteiger partial charge in [-0.05, 0) is 29.1 Å². The number of hydrogen-bond acceptors (Lipinski definition) is 4. The van der Waals surface area contributed by atoms with Crippen molar-refractivity contribution in [1.82, 2.24) is 5.32 Å². The highest BCUT2D eigenvalue weighted by molar-refractivity contribution is 7.89. The zero-order chi connectivity index (χ0) is 13.0. The molecule has 1 heterocycles. The van der Waals surface area contributed by atoms with Crippen LogP contribution in [-0.4, -0.2) is 8.42 Å². The van der Waals surface area contributed by atoms with Crippen LogP contribution >= 0.6 is 11.3 Å². The Morgan fingerprint density at radius 3 is 2.39 bits per heavy atom. The summed E-state index contributed by atoms with van der Waals surface area (Å²) in [7, 11) is -3.59. The summed E-state index contributed by atoms with van der Waals surface area (Å²) in [6.07, 6.45) is 0. The fraction of sp³-hybridized carbons (Fsp3) is 0.167. The summed E-state index contributed by atoms with van der Waals surface area (Å²) in [5.74, 6) is 0. The van der Waals surface area contributed by atoms with E-state index in [0.717, 1.165) is 12.1 Å². The van der Waals surface area contributed by atoms with Crippen LogP contribution in [0, 0.1) is 0 Å². The van der Waals surface area contributed by atoms with E-state index < -0.39 is 10.0 Å². The summed E-state index contributed by atoms with van der Waals surface area (Å²) in [5, 5.41) is 10.4. The normalized spacial score (nSPS) is 11.6. The molecular formula is C12H14N2O2S2. The minimum Gasteiger partial charge on any atom is -0.308 e. The second kappa shape index (κ2) is 5.62. The van der Waals surface area contributed by atoms with E-state index in [9.17, 15) is 8.42 Å². The standard InChI is InChI=1S/C12H14N2O2S2/c13-18(15,16)12-5-3-10(4-6-12)8-14-9-11-2-1-7-17-11/h1-7,14H,8-9H2,(H2,13,15,16). The Bertz CT molecular complexity index is 590. The molecule has 4 nitrogen and oxygen atoms in total. The molecular weight excluding hydrogens is 268 g/mol. The molecule has 0 atom stereocenters. The zero-order valence-corrected chi connectivity index (χ0v) is 11.3. The Kier molecular flexibility index (Phi) is 4.13. The number of hydrogen-bond donors (Lipinski definition) is 2. The van der Waals surface area contributed by atoms with Crippen LogP contribution < -0.4 is 10.5 Å². The van der Waals surface area contributed by atoms with Crippen molar-refractivity contribution in [2.45, 2.75) is 18.0 Å². The molecule has 0 amide bonds. The van der Waals surface area contributed by atoms with Crippen LogP contribution in [0.15, 0.2) is 46.7 Å². The van der Waals surface area contributed by atoms with Gasteiger partial charge in [-0.25, -0.2) is 13.6 Å². The van der Waals surface area contributed by atoms with Crippen molar-refractivity contribution in [1.29, 1.82) is 0 Å². The van der Waals surface area contributed by atoms with Crippen LogP contribution in [-0.2, 0) is 23.1 Å². The van der Waals surface area contributed by atoms with Gasteiger partial charge in [0.05, 0.1) is 4.90 Å². The molecule has 3 N–H and O–H groups in total. The van der Waals surface area contributed by atoms with Crippen molar-refractivity contribution in [3.05, 3.63) is 52.2 Å². The number of sulfonamides is 1. The Hall–Kier alpha value is -1.21. The first-order valence-corrected chi connectivity index (χ1v) is 7.83. The van der Waals surface area contributed by atoms with E-state index in [4.69, 9.17) is 5.14 Å². The van der Waals surface area contributed by atoms with Crippen molar-refractivity contribution >= 4 is 21.4 Å². The van der Waals surface area contributed by atoms with E-state index in [2.05, 4.69) is 11.4 Å². The lowest BCUT2D eigenvalue weighted by atomic mass is 10.2. The first-order chi connectivity index (χ1) is 8.55. The van der Waals surface area contributed by atoms with Crippen LogP contribution in [0.3, 0.4) is 0 Å². The van der Waals surface area contributed by atoms with Gasteiger partial charge in [0.15, 0.2) is 0 Å². The quantitative estimate of drug-likeness (QED) is 0.876. The molecule has 0 fully saturated rings. The molecule has 1 aromatic carbocycles. The molecule has 2 aromatic rings. The second-order valence-electron chi connectivity index (χ2n) is 3.87. The summed E-state index contributed by atoms with van der Waals surface area (Å²) < 4.78 is 22.2. The van der Waals surface area contributed by atoms with Crippen molar-refractivity contribution < 1.29 is 8.42 Å². The Labute approximate surface area is 111 Å². The molecule has 0 unspecified atom stereocenters. The second-order valence-corrected chi connectivity index (χ2v) is 6.47. The summed E-state index contributed by atoms with van der Waals surface area (Å²) in [5.41, 5.74) is 1.03. The molecule has 0 bridgehead atoms. The van der Waals surface area contributed by atoms with E-state index in [0.29, 0.717) is 6.54 Å². The van der Waals surface area contributed by atoms with Crippen molar-refractivity contribution in [3.8, 4) is 0 Å². The van der Waals surface area contributed by atoms with Gasteiger partial charge in [0.2, 0.25) is 10.0 Å². The molecule has 0 saturated heterocycles. The minimum atomic E-state index is -3.59. The molecule has 0 radical (unpaired) electrons. The number of rotatable bonds is 5. The molecule has 1 aromatic heterocycles. The maximum atomic E-state index is 11.1. The number of primary sulfonamides is 1. The first kappa shape index (κ1) is 13.2. The number of benzene rings is 1. The lowest BCUT2D eigenvalue weighted by molar-refractivity contribution is 0.597. The van der Waals surface area contributed by atoms with Gasteiger partial charge in [0, 0.05) is 18.0 Å². The van der Waals surface area contributed by atoms with Gasteiger partial charge >= 0.3 is 0 Å². The third-order valence-electron chi connectivity index (χ3n) is 2.46. The van der Waals surface area contributed by atoms with Gasteiger partial charge < -0.3 is 5.32 Å². The van der Waals surface area contributed by atoms with Crippen LogP contribution in [0.5, 0.6) is 0 Å². The van der Waals surface area contributed by atoms with Gasteiger partial charge in [-0.3, -0.25) is 0 Å². The summed E-state index contributed by atoms with van der Waals surface area (Å²) >= 11 is 1.71. The summed E-state index contributed by atoms with van der Waals surface area (Å²) in [6, 6.07) is 10.7. The maximum absolute atomic E-state index is 11.1. The van der Waals surface area contributed by atoms with Gasteiger partial charge in [0.25, 0.3) is 0 Å². The molecule has 0 aliphatic carbocycles. The maximum Gasteiger partial charge on any atom is 0.238 e. The average molecular weight is 282 g/mol.